The molecule has 7 nitrogen and oxygen atoms in total. The lowest BCUT2D eigenvalue weighted by Crippen LogP contribution is -2.45. The fraction of sp³-hybridized carbons (Fsp3) is 0.526. The van der Waals surface area contributed by atoms with Gasteiger partial charge in [-0.3, -0.25) is 9.48 Å². The molecule has 4 rings (SSSR count). The van der Waals surface area contributed by atoms with E-state index >= 15 is 0 Å². The number of benzene rings is 1. The van der Waals surface area contributed by atoms with Crippen LogP contribution in [0.25, 0.3) is 0 Å². The minimum atomic E-state index is -0.358. The SMILES string of the molecule is CNCc1cn(CC2CCN(C(=O)[C@@H]3Cc4ccccc4O3)CC2)nn1. The Morgan fingerprint density at radius 2 is 2.12 bits per heavy atom. The molecule has 0 aliphatic carbocycles. The fourth-order valence-corrected chi connectivity index (χ4v) is 3.81. The second-order valence-electron chi connectivity index (χ2n) is 7.15. The van der Waals surface area contributed by atoms with Gasteiger partial charge in [-0.2, -0.15) is 0 Å². The number of amides is 1. The number of likely N-dealkylation sites (tertiary alicyclic amines) is 1. The number of fused-ring (bicyclic) bond motifs is 1. The number of hydrogen-bond acceptors (Lipinski definition) is 5. The summed E-state index contributed by atoms with van der Waals surface area (Å²) in [5, 5.41) is 11.4. The van der Waals surface area contributed by atoms with Gasteiger partial charge in [0.2, 0.25) is 0 Å². The average Bonchev–Trinajstić information content (AvgIpc) is 3.29. The molecular formula is C19H25N5O2. The second kappa shape index (κ2) is 7.45. The smallest absolute Gasteiger partial charge is 0.263 e. The molecule has 138 valence electrons. The van der Waals surface area contributed by atoms with Gasteiger partial charge in [-0.25, -0.2) is 0 Å². The zero-order valence-electron chi connectivity index (χ0n) is 15.1. The summed E-state index contributed by atoms with van der Waals surface area (Å²) < 4.78 is 7.77. The van der Waals surface area contributed by atoms with Gasteiger partial charge in [-0.1, -0.05) is 23.4 Å². The first-order valence-electron chi connectivity index (χ1n) is 9.30. The summed E-state index contributed by atoms with van der Waals surface area (Å²) in [5.41, 5.74) is 2.09. The van der Waals surface area contributed by atoms with Crippen LogP contribution in [0.1, 0.15) is 24.1 Å². The van der Waals surface area contributed by atoms with Crippen molar-refractivity contribution in [3.05, 3.63) is 41.7 Å². The standard InChI is InChI=1S/C19H25N5O2/c1-20-11-16-13-24(22-21-16)12-14-6-8-23(9-7-14)19(25)18-10-15-4-2-3-5-17(15)26-18/h2-5,13-14,18,20H,6-12H2,1H3/t18-/m0/s1. The van der Waals surface area contributed by atoms with E-state index in [1.54, 1.807) is 0 Å². The van der Waals surface area contributed by atoms with Crippen molar-refractivity contribution in [2.45, 2.75) is 38.5 Å². The molecule has 0 spiro atoms. The molecule has 1 aromatic heterocycles. The third-order valence-corrected chi connectivity index (χ3v) is 5.24. The summed E-state index contributed by atoms with van der Waals surface area (Å²) in [6.45, 7) is 3.18. The monoisotopic (exact) mass is 355 g/mol. The van der Waals surface area contributed by atoms with Crippen LogP contribution in [0.4, 0.5) is 0 Å². The van der Waals surface area contributed by atoms with Crippen LogP contribution in [0, 0.1) is 5.92 Å². The number of hydrogen-bond donors (Lipinski definition) is 1. The molecule has 1 N–H and O–H groups in total. The van der Waals surface area contributed by atoms with Crippen LogP contribution in [-0.4, -0.2) is 52.0 Å². The van der Waals surface area contributed by atoms with E-state index in [0.29, 0.717) is 12.3 Å². The molecule has 2 aliphatic rings. The topological polar surface area (TPSA) is 72.3 Å². The molecule has 0 bridgehead atoms. The molecule has 1 fully saturated rings. The van der Waals surface area contributed by atoms with Gasteiger partial charge >= 0.3 is 0 Å². The molecule has 1 atom stereocenters. The largest absolute Gasteiger partial charge is 0.480 e. The molecule has 0 radical (unpaired) electrons. The van der Waals surface area contributed by atoms with Gasteiger partial charge in [0.25, 0.3) is 5.91 Å². The number of carbonyl (C=O) groups excluding carboxylic acids is 1. The van der Waals surface area contributed by atoms with Crippen LogP contribution in [0.3, 0.4) is 0 Å². The van der Waals surface area contributed by atoms with Crippen molar-refractivity contribution in [1.29, 1.82) is 0 Å². The molecule has 3 heterocycles. The number of piperidine rings is 1. The molecule has 1 amide bonds. The van der Waals surface area contributed by atoms with Gasteiger partial charge in [0.15, 0.2) is 6.10 Å². The molecule has 7 heteroatoms. The number of aromatic nitrogens is 3. The highest BCUT2D eigenvalue weighted by Crippen LogP contribution is 2.30. The Kier molecular flexibility index (Phi) is 4.88. The average molecular weight is 355 g/mol. The molecular weight excluding hydrogens is 330 g/mol. The number of para-hydroxylation sites is 1. The Hall–Kier alpha value is -2.41. The van der Waals surface area contributed by atoms with E-state index in [1.165, 1.54) is 0 Å². The third-order valence-electron chi connectivity index (χ3n) is 5.24. The van der Waals surface area contributed by atoms with Crippen LogP contribution in [0.2, 0.25) is 0 Å². The van der Waals surface area contributed by atoms with E-state index in [0.717, 1.165) is 56.0 Å². The fourth-order valence-electron chi connectivity index (χ4n) is 3.81. The van der Waals surface area contributed by atoms with Crippen molar-refractivity contribution in [1.82, 2.24) is 25.2 Å². The van der Waals surface area contributed by atoms with Gasteiger partial charge < -0.3 is 15.0 Å². The number of ether oxygens (including phenoxy) is 1. The van der Waals surface area contributed by atoms with Gasteiger partial charge in [-0.05, 0) is 37.4 Å². The van der Waals surface area contributed by atoms with Crippen LogP contribution in [0.15, 0.2) is 30.5 Å². The minimum Gasteiger partial charge on any atom is -0.480 e. The first-order chi connectivity index (χ1) is 12.7. The first kappa shape index (κ1) is 17.0. The summed E-state index contributed by atoms with van der Waals surface area (Å²) in [6, 6.07) is 7.92. The lowest BCUT2D eigenvalue weighted by atomic mass is 9.96. The van der Waals surface area contributed by atoms with E-state index in [2.05, 4.69) is 15.6 Å². The number of carbonyl (C=O) groups is 1. The summed E-state index contributed by atoms with van der Waals surface area (Å²) in [4.78, 5) is 14.7. The highest BCUT2D eigenvalue weighted by atomic mass is 16.5. The van der Waals surface area contributed by atoms with Crippen molar-refractivity contribution in [2.24, 2.45) is 5.92 Å². The molecule has 0 saturated carbocycles. The van der Waals surface area contributed by atoms with Crippen LogP contribution >= 0.6 is 0 Å². The Morgan fingerprint density at radius 3 is 2.88 bits per heavy atom. The summed E-state index contributed by atoms with van der Waals surface area (Å²) in [5.74, 6) is 1.51. The second-order valence-corrected chi connectivity index (χ2v) is 7.15. The molecule has 26 heavy (non-hydrogen) atoms. The van der Waals surface area contributed by atoms with E-state index in [-0.39, 0.29) is 12.0 Å². The van der Waals surface area contributed by atoms with Gasteiger partial charge in [0.1, 0.15) is 5.75 Å². The van der Waals surface area contributed by atoms with E-state index in [1.807, 2.05) is 47.1 Å². The number of nitrogens with zero attached hydrogens (tertiary/aromatic N) is 4. The highest BCUT2D eigenvalue weighted by Gasteiger charge is 2.34. The Bertz CT molecular complexity index is 742. The zero-order valence-corrected chi connectivity index (χ0v) is 15.1. The molecule has 1 aromatic carbocycles. The lowest BCUT2D eigenvalue weighted by molar-refractivity contribution is -0.139. The van der Waals surface area contributed by atoms with Gasteiger partial charge in [0, 0.05) is 38.8 Å². The lowest BCUT2D eigenvalue weighted by Gasteiger charge is -2.33. The van der Waals surface area contributed by atoms with Crippen molar-refractivity contribution < 1.29 is 9.53 Å². The molecule has 2 aromatic rings. The normalized spacial score (nSPS) is 20.0. The summed E-state index contributed by atoms with van der Waals surface area (Å²) in [7, 11) is 1.90. The maximum atomic E-state index is 12.8. The van der Waals surface area contributed by atoms with Gasteiger partial charge in [0.05, 0.1) is 5.69 Å². The predicted octanol–water partition coefficient (Wildman–Crippen LogP) is 1.24. The third kappa shape index (κ3) is 3.58. The van der Waals surface area contributed by atoms with Crippen molar-refractivity contribution >= 4 is 5.91 Å². The van der Waals surface area contributed by atoms with Crippen molar-refractivity contribution in [3.63, 3.8) is 0 Å². The quantitative estimate of drug-likeness (QED) is 0.874. The number of nitrogens with one attached hydrogen (secondary N) is 1. The maximum absolute atomic E-state index is 12.8. The number of rotatable bonds is 5. The van der Waals surface area contributed by atoms with Crippen LogP contribution in [-0.2, 0) is 24.3 Å². The van der Waals surface area contributed by atoms with Crippen molar-refractivity contribution in [3.8, 4) is 5.75 Å². The predicted molar refractivity (Wildman–Crippen MR) is 96.7 cm³/mol. The maximum Gasteiger partial charge on any atom is 0.263 e. The molecule has 0 unspecified atom stereocenters. The minimum absolute atomic E-state index is 0.122. The summed E-state index contributed by atoms with van der Waals surface area (Å²) >= 11 is 0. The first-order valence-corrected chi connectivity index (χ1v) is 9.30. The zero-order chi connectivity index (χ0) is 17.9. The van der Waals surface area contributed by atoms with Gasteiger partial charge in [-0.15, -0.1) is 5.10 Å². The Labute approximate surface area is 153 Å². The van der Waals surface area contributed by atoms with Crippen molar-refractivity contribution in [2.75, 3.05) is 20.1 Å². The van der Waals surface area contributed by atoms with Crippen LogP contribution in [0.5, 0.6) is 5.75 Å². The Balaban J connectivity index is 1.27. The summed E-state index contributed by atoms with van der Waals surface area (Å²) in [6.07, 6.45) is 4.31. The van der Waals surface area contributed by atoms with E-state index in [9.17, 15) is 4.79 Å². The molecule has 1 saturated heterocycles. The molecule has 2 aliphatic heterocycles. The van der Waals surface area contributed by atoms with E-state index in [4.69, 9.17) is 4.74 Å². The highest BCUT2D eigenvalue weighted by molar-refractivity contribution is 5.82. The van der Waals surface area contributed by atoms with E-state index < -0.39 is 0 Å². The van der Waals surface area contributed by atoms with Crippen LogP contribution < -0.4 is 10.1 Å². The Morgan fingerprint density at radius 1 is 1.31 bits per heavy atom.